The molecule has 1 N–H and O–H groups in total. The lowest BCUT2D eigenvalue weighted by Gasteiger charge is -2.11. The highest BCUT2D eigenvalue weighted by Crippen LogP contribution is 2.43. The van der Waals surface area contributed by atoms with Gasteiger partial charge in [-0.05, 0) is 24.6 Å². The number of amides is 1. The monoisotopic (exact) mass is 222 g/mol. The van der Waals surface area contributed by atoms with Crippen molar-refractivity contribution in [2.75, 3.05) is 0 Å². The Balaban J connectivity index is 1.98. The van der Waals surface area contributed by atoms with Crippen molar-refractivity contribution in [3.05, 3.63) is 35.4 Å². The zero-order chi connectivity index (χ0) is 11.3. The van der Waals surface area contributed by atoms with Gasteiger partial charge in [0.2, 0.25) is 5.91 Å². The van der Waals surface area contributed by atoms with Crippen LogP contribution in [0, 0.1) is 23.5 Å². The number of carbonyl (C=O) groups is 1. The highest BCUT2D eigenvalue weighted by molar-refractivity contribution is 6.09. The maximum absolute atomic E-state index is 13.0. The van der Waals surface area contributed by atoms with Crippen molar-refractivity contribution < 1.29 is 13.6 Å². The van der Waals surface area contributed by atoms with Crippen LogP contribution in [0.2, 0.25) is 0 Å². The molecular weight excluding hydrogens is 214 g/mol. The summed E-state index contributed by atoms with van der Waals surface area (Å²) < 4.78 is 25.8. The van der Waals surface area contributed by atoms with Crippen LogP contribution in [0.15, 0.2) is 23.3 Å². The smallest absolute Gasteiger partial charge is 0.243 e. The fraction of sp³-hybridized carbons (Fsp3) is 0.273. The quantitative estimate of drug-likeness (QED) is 0.767. The first-order valence-electron chi connectivity index (χ1n) is 4.99. The van der Waals surface area contributed by atoms with Crippen molar-refractivity contribution in [3.8, 4) is 0 Å². The van der Waals surface area contributed by atoms with Gasteiger partial charge >= 0.3 is 0 Å². The number of hydrogen-bond donors (Lipinski definition) is 1. The summed E-state index contributed by atoms with van der Waals surface area (Å²) in [6.07, 6.45) is 0.740. The van der Waals surface area contributed by atoms with E-state index in [2.05, 4.69) is 10.5 Å². The molecule has 0 saturated heterocycles. The summed E-state index contributed by atoms with van der Waals surface area (Å²) in [4.78, 5) is 11.2. The Morgan fingerprint density at radius 2 is 2.06 bits per heavy atom. The maximum atomic E-state index is 13.0. The lowest BCUT2D eigenvalue weighted by molar-refractivity contribution is -0.122. The van der Waals surface area contributed by atoms with E-state index < -0.39 is 11.6 Å². The van der Waals surface area contributed by atoms with Gasteiger partial charge in [0, 0.05) is 17.4 Å². The minimum absolute atomic E-state index is 0.0411. The molecule has 1 aliphatic heterocycles. The van der Waals surface area contributed by atoms with Gasteiger partial charge < -0.3 is 0 Å². The third kappa shape index (κ3) is 1.31. The van der Waals surface area contributed by atoms with E-state index in [-0.39, 0.29) is 17.7 Å². The minimum Gasteiger partial charge on any atom is -0.273 e. The third-order valence-electron chi connectivity index (χ3n) is 2.98. The van der Waals surface area contributed by atoms with E-state index in [1.165, 1.54) is 6.07 Å². The van der Waals surface area contributed by atoms with Crippen LogP contribution >= 0.6 is 0 Å². The zero-order valence-electron chi connectivity index (χ0n) is 8.21. The highest BCUT2D eigenvalue weighted by atomic mass is 19.2. The van der Waals surface area contributed by atoms with E-state index in [4.69, 9.17) is 0 Å². The molecule has 2 unspecified atom stereocenters. The Kier molecular flexibility index (Phi) is 1.83. The van der Waals surface area contributed by atoms with Gasteiger partial charge in [0.1, 0.15) is 0 Å². The average molecular weight is 222 g/mol. The summed E-state index contributed by atoms with van der Waals surface area (Å²) >= 11 is 0. The van der Waals surface area contributed by atoms with Crippen molar-refractivity contribution in [1.29, 1.82) is 0 Å². The van der Waals surface area contributed by atoms with Crippen LogP contribution in [-0.2, 0) is 4.79 Å². The summed E-state index contributed by atoms with van der Waals surface area (Å²) in [5.41, 5.74) is 3.56. The molecule has 0 aromatic heterocycles. The molecule has 1 saturated carbocycles. The van der Waals surface area contributed by atoms with Gasteiger partial charge in [-0.2, -0.15) is 5.10 Å². The van der Waals surface area contributed by atoms with Gasteiger partial charge in [0.25, 0.3) is 0 Å². The molecule has 5 heteroatoms. The molecule has 0 radical (unpaired) electrons. The van der Waals surface area contributed by atoms with Crippen molar-refractivity contribution in [2.24, 2.45) is 16.9 Å². The normalized spacial score (nSPS) is 26.9. The molecule has 16 heavy (non-hydrogen) atoms. The first-order valence-corrected chi connectivity index (χ1v) is 4.99. The molecular formula is C11H8F2N2O. The Hall–Kier alpha value is -1.78. The molecule has 0 bridgehead atoms. The number of nitrogens with zero attached hydrogens (tertiary/aromatic N) is 1. The van der Waals surface area contributed by atoms with Crippen molar-refractivity contribution >= 4 is 11.6 Å². The Bertz CT molecular complexity index is 513. The van der Waals surface area contributed by atoms with E-state index in [1.807, 2.05) is 0 Å². The van der Waals surface area contributed by atoms with Gasteiger partial charge in [0.15, 0.2) is 11.6 Å². The number of hydrogen-bond acceptors (Lipinski definition) is 2. The number of benzene rings is 1. The second-order valence-corrected chi connectivity index (χ2v) is 4.05. The van der Waals surface area contributed by atoms with Crippen LogP contribution in [0.25, 0.3) is 0 Å². The van der Waals surface area contributed by atoms with E-state index in [1.54, 1.807) is 0 Å². The fourth-order valence-corrected chi connectivity index (χ4v) is 2.00. The molecule has 3 rings (SSSR count). The molecule has 1 heterocycles. The van der Waals surface area contributed by atoms with E-state index in [0.717, 1.165) is 18.6 Å². The SMILES string of the molecule is O=C1NN=C(c2ccc(F)c(F)c2)C2CC12. The lowest BCUT2D eigenvalue weighted by atomic mass is 10.0. The number of halogens is 2. The third-order valence-corrected chi connectivity index (χ3v) is 2.98. The van der Waals surface area contributed by atoms with E-state index >= 15 is 0 Å². The molecule has 1 aromatic carbocycles. The summed E-state index contributed by atoms with van der Waals surface area (Å²) in [5, 5.41) is 3.90. The van der Waals surface area contributed by atoms with Crippen LogP contribution < -0.4 is 5.43 Å². The Morgan fingerprint density at radius 3 is 2.81 bits per heavy atom. The highest BCUT2D eigenvalue weighted by Gasteiger charge is 2.49. The molecule has 0 spiro atoms. The summed E-state index contributed by atoms with van der Waals surface area (Å²) in [7, 11) is 0. The summed E-state index contributed by atoms with van der Waals surface area (Å²) in [6, 6.07) is 3.66. The lowest BCUT2D eigenvalue weighted by Crippen LogP contribution is -2.28. The van der Waals surface area contributed by atoms with Crippen molar-refractivity contribution in [2.45, 2.75) is 6.42 Å². The average Bonchev–Trinajstić information content (AvgIpc) is 3.04. The molecule has 1 amide bonds. The molecule has 2 aliphatic rings. The van der Waals surface area contributed by atoms with Crippen LogP contribution in [0.3, 0.4) is 0 Å². The van der Waals surface area contributed by atoms with Crippen LogP contribution in [-0.4, -0.2) is 11.6 Å². The molecule has 1 aromatic rings. The van der Waals surface area contributed by atoms with Crippen LogP contribution in [0.5, 0.6) is 0 Å². The molecule has 1 aliphatic carbocycles. The second-order valence-electron chi connectivity index (χ2n) is 4.05. The largest absolute Gasteiger partial charge is 0.273 e. The van der Waals surface area contributed by atoms with Gasteiger partial charge in [-0.25, -0.2) is 14.2 Å². The van der Waals surface area contributed by atoms with E-state index in [0.29, 0.717) is 11.3 Å². The topological polar surface area (TPSA) is 41.5 Å². The van der Waals surface area contributed by atoms with Crippen molar-refractivity contribution in [1.82, 2.24) is 5.43 Å². The molecule has 2 atom stereocenters. The van der Waals surface area contributed by atoms with Crippen molar-refractivity contribution in [3.63, 3.8) is 0 Å². The fourth-order valence-electron chi connectivity index (χ4n) is 2.00. The minimum atomic E-state index is -0.894. The first kappa shape index (κ1) is 9.45. The van der Waals surface area contributed by atoms with Gasteiger partial charge in [-0.15, -0.1) is 0 Å². The zero-order valence-corrected chi connectivity index (χ0v) is 8.21. The standard InChI is InChI=1S/C11H8F2N2O/c12-8-2-1-5(3-9(8)13)10-6-4-7(6)11(16)15-14-10/h1-3,6-7H,4H2,(H,15,16). The second kappa shape index (κ2) is 3.10. The molecule has 1 fully saturated rings. The van der Waals surface area contributed by atoms with E-state index in [9.17, 15) is 13.6 Å². The molecule has 82 valence electrons. The van der Waals surface area contributed by atoms with Gasteiger partial charge in [0.05, 0.1) is 5.71 Å². The summed E-state index contributed by atoms with van der Waals surface area (Å²) in [5.74, 6) is -1.83. The Labute approximate surface area is 90.2 Å². The van der Waals surface area contributed by atoms with Crippen LogP contribution in [0.1, 0.15) is 12.0 Å². The predicted octanol–water partition coefficient (Wildman–Crippen LogP) is 1.43. The maximum Gasteiger partial charge on any atom is 0.243 e. The first-order chi connectivity index (χ1) is 7.66. The van der Waals surface area contributed by atoms with Crippen LogP contribution in [0.4, 0.5) is 8.78 Å². The number of carbonyl (C=O) groups excluding carboxylic acids is 1. The number of nitrogens with one attached hydrogen (secondary N) is 1. The number of fused-ring (bicyclic) bond motifs is 1. The van der Waals surface area contributed by atoms with Gasteiger partial charge in [-0.1, -0.05) is 0 Å². The Morgan fingerprint density at radius 1 is 1.25 bits per heavy atom. The summed E-state index contributed by atoms with van der Waals surface area (Å²) in [6.45, 7) is 0. The molecule has 3 nitrogen and oxygen atoms in total. The number of hydrazone groups is 1. The van der Waals surface area contributed by atoms with Gasteiger partial charge in [-0.3, -0.25) is 4.79 Å². The number of rotatable bonds is 1. The predicted molar refractivity (Wildman–Crippen MR) is 52.6 cm³/mol.